The number of quaternary nitrogens is 1. The van der Waals surface area contributed by atoms with Gasteiger partial charge in [0, 0.05) is 17.9 Å². The number of aliphatic hydroxyl groups is 1. The normalized spacial score (nSPS) is 12.7. The van der Waals surface area contributed by atoms with Gasteiger partial charge in [0.05, 0.1) is 38.2 Å². The first kappa shape index (κ1) is 28.3. The quantitative estimate of drug-likeness (QED) is 0.306. The molecule has 0 aliphatic carbocycles. The van der Waals surface area contributed by atoms with Gasteiger partial charge >= 0.3 is 5.97 Å². The molecule has 0 saturated carbocycles. The van der Waals surface area contributed by atoms with E-state index in [4.69, 9.17) is 4.74 Å². The Morgan fingerprint density at radius 3 is 2.06 bits per heavy atom. The van der Waals surface area contributed by atoms with Crippen LogP contribution in [0.15, 0.2) is 48.5 Å². The summed E-state index contributed by atoms with van der Waals surface area (Å²) in [7, 11) is 2.32. The maximum Gasteiger partial charge on any atom is 0.313 e. The second kappa shape index (κ2) is 12.5. The highest BCUT2D eigenvalue weighted by Crippen LogP contribution is 2.37. The van der Waals surface area contributed by atoms with Gasteiger partial charge in [0.2, 0.25) is 0 Å². The van der Waals surface area contributed by atoms with E-state index in [1.54, 1.807) is 0 Å². The fourth-order valence-electron chi connectivity index (χ4n) is 3.99. The van der Waals surface area contributed by atoms with Crippen molar-refractivity contribution in [1.29, 1.82) is 0 Å². The van der Waals surface area contributed by atoms with Crippen molar-refractivity contribution in [2.45, 2.75) is 72.6 Å². The number of ether oxygens (including phenoxy) is 1. The molecule has 0 spiro atoms. The number of benzene rings is 2. The van der Waals surface area contributed by atoms with Crippen LogP contribution in [0.2, 0.25) is 0 Å². The summed E-state index contributed by atoms with van der Waals surface area (Å²) < 4.78 is 6.77. The summed E-state index contributed by atoms with van der Waals surface area (Å²) in [6.45, 7) is 13.7. The minimum Gasteiger partial charge on any atom is -1.00 e. The Kier molecular flexibility index (Phi) is 11.1. The van der Waals surface area contributed by atoms with Crippen molar-refractivity contribution >= 4 is 5.97 Å². The highest BCUT2D eigenvalue weighted by molar-refractivity contribution is 5.75. The second-order valence-corrected chi connectivity index (χ2v) is 9.62. The average molecular weight is 507 g/mol. The first-order chi connectivity index (χ1) is 14.6. The number of rotatable bonds is 10. The van der Waals surface area contributed by atoms with Gasteiger partial charge in [0.15, 0.2) is 0 Å². The van der Waals surface area contributed by atoms with Crippen LogP contribution >= 0.6 is 0 Å². The Labute approximate surface area is 205 Å². The summed E-state index contributed by atoms with van der Waals surface area (Å²) in [5.41, 5.74) is 2.98. The van der Waals surface area contributed by atoms with Gasteiger partial charge in [-0.05, 0) is 51.0 Å². The van der Waals surface area contributed by atoms with Crippen LogP contribution in [0.5, 0.6) is 5.75 Å². The molecular weight excluding hydrogens is 466 g/mol. The largest absolute Gasteiger partial charge is 1.00 e. The smallest absolute Gasteiger partial charge is 0.313 e. The summed E-state index contributed by atoms with van der Waals surface area (Å²) in [4.78, 5) is 12.4. The van der Waals surface area contributed by atoms with Crippen molar-refractivity contribution in [3.63, 3.8) is 0 Å². The van der Waals surface area contributed by atoms with Gasteiger partial charge in [-0.25, -0.2) is 0 Å². The molecule has 0 saturated heterocycles. The zero-order chi connectivity index (χ0) is 23.2. The molecule has 2 rings (SSSR count). The summed E-state index contributed by atoms with van der Waals surface area (Å²) in [5, 5.41) is 9.77. The number of halogens is 1. The maximum atomic E-state index is 12.4. The van der Waals surface area contributed by atoms with Crippen LogP contribution in [0, 0.1) is 5.92 Å². The van der Waals surface area contributed by atoms with Gasteiger partial charge < -0.3 is 31.3 Å². The lowest BCUT2D eigenvalue weighted by Crippen LogP contribution is -3.00. The van der Waals surface area contributed by atoms with E-state index in [-0.39, 0.29) is 41.4 Å². The molecule has 1 atom stereocenters. The summed E-state index contributed by atoms with van der Waals surface area (Å²) in [5.74, 6) is 0.211. The predicted molar refractivity (Wildman–Crippen MR) is 127 cm³/mol. The molecule has 2 aromatic carbocycles. The van der Waals surface area contributed by atoms with Gasteiger partial charge in [-0.15, -0.1) is 0 Å². The number of aliphatic hydroxyl groups excluding tert-OH is 1. The highest BCUT2D eigenvalue weighted by Gasteiger charge is 2.32. The molecule has 5 heteroatoms. The van der Waals surface area contributed by atoms with E-state index >= 15 is 0 Å². The van der Waals surface area contributed by atoms with Gasteiger partial charge in [0.1, 0.15) is 5.75 Å². The molecule has 0 radical (unpaired) electrons. The Hall–Kier alpha value is -1.69. The first-order valence-electron chi connectivity index (χ1n) is 11.4. The molecule has 0 aromatic heterocycles. The van der Waals surface area contributed by atoms with Crippen LogP contribution in [-0.2, 0) is 11.4 Å². The zero-order valence-electron chi connectivity index (χ0n) is 20.6. The molecule has 0 unspecified atom stereocenters. The number of carbonyl (C=O) groups excluding carboxylic acids is 1. The number of hydrogen-bond acceptors (Lipinski definition) is 3. The fraction of sp³-hybridized carbons (Fsp3) is 0.519. The molecule has 0 bridgehead atoms. The maximum absolute atomic E-state index is 12.4. The molecule has 0 heterocycles. The van der Waals surface area contributed by atoms with Gasteiger partial charge in [-0.3, -0.25) is 4.79 Å². The molecule has 178 valence electrons. The molecule has 0 aliphatic heterocycles. The third kappa shape index (κ3) is 6.90. The summed E-state index contributed by atoms with van der Waals surface area (Å²) in [6, 6.07) is 17.1. The molecular formula is C27H40BrNO3. The lowest BCUT2D eigenvalue weighted by atomic mass is 9.86. The lowest BCUT2D eigenvalue weighted by Gasteiger charge is -2.43. The van der Waals surface area contributed by atoms with E-state index in [0.29, 0.717) is 17.8 Å². The SMILES string of the molecule is CC(C)C(=O)Oc1ccc(CO)cc1[C@H](CC[N+](C)(C(C)C)C(C)C)c1ccccc1.[Br-]. The van der Waals surface area contributed by atoms with E-state index < -0.39 is 0 Å². The van der Waals surface area contributed by atoms with Crippen LogP contribution in [0.25, 0.3) is 0 Å². The topological polar surface area (TPSA) is 46.5 Å². The van der Waals surface area contributed by atoms with Crippen molar-refractivity contribution in [2.75, 3.05) is 13.6 Å². The third-order valence-corrected chi connectivity index (χ3v) is 6.78. The van der Waals surface area contributed by atoms with Crippen LogP contribution in [-0.4, -0.2) is 41.2 Å². The van der Waals surface area contributed by atoms with E-state index in [1.807, 2.05) is 38.1 Å². The molecule has 0 aliphatic rings. The monoisotopic (exact) mass is 505 g/mol. The van der Waals surface area contributed by atoms with E-state index in [1.165, 1.54) is 5.56 Å². The molecule has 1 N–H and O–H groups in total. The zero-order valence-corrected chi connectivity index (χ0v) is 22.2. The van der Waals surface area contributed by atoms with Crippen molar-refractivity contribution in [2.24, 2.45) is 5.92 Å². The standard InChI is InChI=1S/C27H40NO3.BrH/c1-19(2)27(30)31-26-14-13-22(18-29)17-25(26)24(23-11-9-8-10-12-23)15-16-28(7,20(3)4)21(5)6;/h8-14,17,19-21,24,29H,15-16,18H2,1-7H3;1H/q+1;/p-1/t24-;/m1./s1. The predicted octanol–water partition coefficient (Wildman–Crippen LogP) is 2.53. The second-order valence-electron chi connectivity index (χ2n) is 9.62. The van der Waals surface area contributed by atoms with Gasteiger partial charge in [-0.1, -0.05) is 50.2 Å². The minimum absolute atomic E-state index is 0. The number of esters is 1. The Balaban J connectivity index is 0.00000512. The first-order valence-corrected chi connectivity index (χ1v) is 11.4. The van der Waals surface area contributed by atoms with Crippen molar-refractivity contribution < 1.29 is 36.1 Å². The number of nitrogens with zero attached hydrogens (tertiary/aromatic N) is 1. The van der Waals surface area contributed by atoms with E-state index in [2.05, 4.69) is 59.0 Å². The Bertz CT molecular complexity index is 841. The summed E-state index contributed by atoms with van der Waals surface area (Å²) >= 11 is 0. The minimum atomic E-state index is -0.241. The van der Waals surface area contributed by atoms with Gasteiger partial charge in [0.25, 0.3) is 0 Å². The Morgan fingerprint density at radius 1 is 0.969 bits per heavy atom. The molecule has 4 nitrogen and oxygen atoms in total. The number of hydrogen-bond donors (Lipinski definition) is 1. The molecule has 0 fully saturated rings. The van der Waals surface area contributed by atoms with E-state index in [0.717, 1.165) is 28.6 Å². The van der Waals surface area contributed by atoms with Crippen molar-refractivity contribution in [3.05, 3.63) is 65.2 Å². The van der Waals surface area contributed by atoms with Gasteiger partial charge in [-0.2, -0.15) is 0 Å². The van der Waals surface area contributed by atoms with Crippen LogP contribution in [0.4, 0.5) is 0 Å². The van der Waals surface area contributed by atoms with Crippen LogP contribution in [0.3, 0.4) is 0 Å². The third-order valence-electron chi connectivity index (χ3n) is 6.78. The van der Waals surface area contributed by atoms with Crippen LogP contribution < -0.4 is 21.7 Å². The van der Waals surface area contributed by atoms with Crippen molar-refractivity contribution in [1.82, 2.24) is 0 Å². The van der Waals surface area contributed by atoms with Crippen molar-refractivity contribution in [3.8, 4) is 5.75 Å². The fourth-order valence-corrected chi connectivity index (χ4v) is 3.99. The average Bonchev–Trinajstić information content (AvgIpc) is 2.74. The number of carbonyl (C=O) groups is 1. The summed E-state index contributed by atoms with van der Waals surface area (Å²) in [6.07, 6.45) is 0.915. The molecule has 2 aromatic rings. The molecule has 0 amide bonds. The molecule has 32 heavy (non-hydrogen) atoms. The van der Waals surface area contributed by atoms with E-state index in [9.17, 15) is 9.90 Å². The van der Waals surface area contributed by atoms with Crippen LogP contribution in [0.1, 0.15) is 70.6 Å². The highest BCUT2D eigenvalue weighted by atomic mass is 79.9. The lowest BCUT2D eigenvalue weighted by molar-refractivity contribution is -0.949. The Morgan fingerprint density at radius 2 is 1.56 bits per heavy atom.